The Morgan fingerprint density at radius 2 is 2.06 bits per heavy atom. The molecule has 2 aromatic heterocycles. The first-order chi connectivity index (χ1) is 15.6. The topological polar surface area (TPSA) is 107 Å². The summed E-state index contributed by atoms with van der Waals surface area (Å²) in [6, 6.07) is 14.7. The van der Waals surface area contributed by atoms with E-state index < -0.39 is 0 Å². The maximum atomic E-state index is 11.1. The average Bonchev–Trinajstić information content (AvgIpc) is 3.16. The van der Waals surface area contributed by atoms with E-state index >= 15 is 0 Å². The molecule has 1 saturated heterocycles. The second-order valence-electron chi connectivity index (χ2n) is 7.69. The van der Waals surface area contributed by atoms with Gasteiger partial charge in [-0.05, 0) is 42.3 Å². The molecule has 0 saturated carbocycles. The van der Waals surface area contributed by atoms with Crippen LogP contribution in [0.5, 0.6) is 0 Å². The second-order valence-corrected chi connectivity index (χ2v) is 7.69. The van der Waals surface area contributed by atoms with E-state index in [0.717, 1.165) is 40.8 Å². The third-order valence-electron chi connectivity index (χ3n) is 5.55. The van der Waals surface area contributed by atoms with Gasteiger partial charge in [0.2, 0.25) is 5.95 Å². The molecule has 9 heteroatoms. The zero-order valence-electron chi connectivity index (χ0n) is 17.5. The number of nitro groups is 1. The minimum absolute atomic E-state index is 0.0680. The Morgan fingerprint density at radius 3 is 2.81 bits per heavy atom. The molecular formula is C23H22N6O3. The highest BCUT2D eigenvalue weighted by atomic mass is 16.6. The quantitative estimate of drug-likeness (QED) is 0.363. The van der Waals surface area contributed by atoms with Gasteiger partial charge in [0.25, 0.3) is 5.69 Å². The molecule has 162 valence electrons. The van der Waals surface area contributed by atoms with Crippen LogP contribution >= 0.6 is 0 Å². The van der Waals surface area contributed by atoms with E-state index in [9.17, 15) is 10.1 Å². The summed E-state index contributed by atoms with van der Waals surface area (Å²) in [5.41, 5.74) is 3.86. The number of nitrogens with one attached hydrogen (secondary N) is 2. The van der Waals surface area contributed by atoms with E-state index in [2.05, 4.69) is 20.6 Å². The molecule has 0 aliphatic carbocycles. The number of aryl methyl sites for hydroxylation is 1. The minimum atomic E-state index is -0.384. The number of benzene rings is 2. The Morgan fingerprint density at radius 1 is 1.22 bits per heavy atom. The molecule has 0 amide bonds. The van der Waals surface area contributed by atoms with Crippen molar-refractivity contribution in [3.63, 3.8) is 0 Å². The number of fused-ring (bicyclic) bond motifs is 1. The first kappa shape index (κ1) is 20.1. The van der Waals surface area contributed by atoms with E-state index in [1.807, 2.05) is 48.0 Å². The molecule has 0 bridgehead atoms. The van der Waals surface area contributed by atoms with Gasteiger partial charge in [0.05, 0.1) is 23.2 Å². The molecule has 0 radical (unpaired) electrons. The van der Waals surface area contributed by atoms with Crippen LogP contribution in [-0.2, 0) is 4.74 Å². The minimum Gasteiger partial charge on any atom is -0.371 e. The average molecular weight is 430 g/mol. The summed E-state index contributed by atoms with van der Waals surface area (Å²) in [6.07, 6.45) is 3.68. The molecule has 2 aromatic carbocycles. The lowest BCUT2D eigenvalue weighted by Crippen LogP contribution is -2.33. The fourth-order valence-electron chi connectivity index (χ4n) is 3.92. The van der Waals surface area contributed by atoms with E-state index in [0.29, 0.717) is 18.4 Å². The zero-order chi connectivity index (χ0) is 22.1. The van der Waals surface area contributed by atoms with Gasteiger partial charge >= 0.3 is 0 Å². The summed E-state index contributed by atoms with van der Waals surface area (Å²) in [4.78, 5) is 19.7. The number of nitrogens with zero attached hydrogens (tertiary/aromatic N) is 4. The smallest absolute Gasteiger partial charge is 0.270 e. The van der Waals surface area contributed by atoms with Crippen molar-refractivity contribution in [1.82, 2.24) is 19.9 Å². The van der Waals surface area contributed by atoms with Crippen LogP contribution in [-0.4, -0.2) is 39.2 Å². The number of non-ortho nitro benzene ring substituents is 1. The predicted octanol–water partition coefficient (Wildman–Crippen LogP) is 4.04. The lowest BCUT2D eigenvalue weighted by molar-refractivity contribution is -0.384. The first-order valence-corrected chi connectivity index (χ1v) is 10.4. The predicted molar refractivity (Wildman–Crippen MR) is 122 cm³/mol. The summed E-state index contributed by atoms with van der Waals surface area (Å²) in [5.74, 6) is 1.14. The maximum absolute atomic E-state index is 11.1. The highest BCUT2D eigenvalue weighted by molar-refractivity contribution is 5.87. The number of nitro benzene ring substituents is 1. The molecule has 1 fully saturated rings. The summed E-state index contributed by atoms with van der Waals surface area (Å²) in [6.45, 7) is 4.34. The Balaban J connectivity index is 1.40. The van der Waals surface area contributed by atoms with Crippen molar-refractivity contribution in [2.45, 2.75) is 13.0 Å². The normalized spacial score (nSPS) is 16.2. The van der Waals surface area contributed by atoms with Crippen LogP contribution in [0.15, 0.2) is 60.9 Å². The van der Waals surface area contributed by atoms with E-state index in [-0.39, 0.29) is 16.7 Å². The van der Waals surface area contributed by atoms with Crippen LogP contribution in [0.3, 0.4) is 0 Å². The maximum Gasteiger partial charge on any atom is 0.270 e. The number of rotatable bonds is 5. The van der Waals surface area contributed by atoms with Gasteiger partial charge in [-0.1, -0.05) is 12.1 Å². The van der Waals surface area contributed by atoms with Gasteiger partial charge in [0.15, 0.2) is 0 Å². The number of ether oxygens (including phenoxy) is 1. The standard InChI is InChI=1S/C23H22N6O3/c1-15-14-28(20-7-6-18(29(30)31)12-19(15)20)22-8-9-25-23(27-22)26-17-4-2-16(3-5-17)21-13-24-10-11-32-21/h2-9,12,14,21,24H,10-11,13H2,1H3,(H,25,26,27). The molecule has 32 heavy (non-hydrogen) atoms. The van der Waals surface area contributed by atoms with Crippen molar-refractivity contribution < 1.29 is 9.66 Å². The third-order valence-corrected chi connectivity index (χ3v) is 5.55. The fourth-order valence-corrected chi connectivity index (χ4v) is 3.92. The highest BCUT2D eigenvalue weighted by Crippen LogP contribution is 2.28. The van der Waals surface area contributed by atoms with Crippen molar-refractivity contribution in [1.29, 1.82) is 0 Å². The first-order valence-electron chi connectivity index (χ1n) is 10.4. The molecule has 0 spiro atoms. The van der Waals surface area contributed by atoms with Gasteiger partial charge in [-0.2, -0.15) is 4.98 Å². The monoisotopic (exact) mass is 430 g/mol. The van der Waals surface area contributed by atoms with Crippen molar-refractivity contribution in [2.75, 3.05) is 25.0 Å². The van der Waals surface area contributed by atoms with E-state index in [1.54, 1.807) is 18.3 Å². The molecule has 9 nitrogen and oxygen atoms in total. The zero-order valence-corrected chi connectivity index (χ0v) is 17.5. The van der Waals surface area contributed by atoms with Crippen LogP contribution in [0.25, 0.3) is 16.7 Å². The van der Waals surface area contributed by atoms with Crippen molar-refractivity contribution in [2.24, 2.45) is 0 Å². The van der Waals surface area contributed by atoms with Crippen LogP contribution in [0.1, 0.15) is 17.2 Å². The largest absolute Gasteiger partial charge is 0.371 e. The summed E-state index contributed by atoms with van der Waals surface area (Å²) in [7, 11) is 0. The molecule has 1 aliphatic rings. The second kappa shape index (κ2) is 8.37. The molecule has 4 aromatic rings. The number of anilines is 2. The fraction of sp³-hybridized carbons (Fsp3) is 0.217. The van der Waals surface area contributed by atoms with Crippen LogP contribution in [0.4, 0.5) is 17.3 Å². The number of morpholine rings is 1. The Kier molecular flexibility index (Phi) is 5.26. The van der Waals surface area contributed by atoms with Gasteiger partial charge in [0, 0.05) is 48.7 Å². The summed E-state index contributed by atoms with van der Waals surface area (Å²) < 4.78 is 7.71. The molecule has 1 aliphatic heterocycles. The molecular weight excluding hydrogens is 408 g/mol. The van der Waals surface area contributed by atoms with Crippen LogP contribution < -0.4 is 10.6 Å². The van der Waals surface area contributed by atoms with Gasteiger partial charge in [-0.15, -0.1) is 0 Å². The number of hydrogen-bond acceptors (Lipinski definition) is 7. The SMILES string of the molecule is Cc1cn(-c2ccnc(Nc3ccc(C4CNCCO4)cc3)n2)c2ccc([N+](=O)[O-])cc12. The van der Waals surface area contributed by atoms with Gasteiger partial charge in [0.1, 0.15) is 5.82 Å². The van der Waals surface area contributed by atoms with Gasteiger partial charge in [-0.25, -0.2) is 4.98 Å². The van der Waals surface area contributed by atoms with Crippen LogP contribution in [0.2, 0.25) is 0 Å². The molecule has 1 unspecified atom stereocenters. The van der Waals surface area contributed by atoms with Crippen molar-refractivity contribution in [3.05, 3.63) is 82.2 Å². The summed E-state index contributed by atoms with van der Waals surface area (Å²) >= 11 is 0. The summed E-state index contributed by atoms with van der Waals surface area (Å²) in [5, 5.41) is 18.5. The highest BCUT2D eigenvalue weighted by Gasteiger charge is 2.16. The van der Waals surface area contributed by atoms with E-state index in [1.165, 1.54) is 6.07 Å². The lowest BCUT2D eigenvalue weighted by Gasteiger charge is -2.24. The van der Waals surface area contributed by atoms with Crippen molar-refractivity contribution >= 4 is 28.2 Å². The van der Waals surface area contributed by atoms with Gasteiger partial charge in [-0.3, -0.25) is 10.1 Å². The third kappa shape index (κ3) is 3.91. The molecule has 2 N–H and O–H groups in total. The molecule has 5 rings (SSSR count). The van der Waals surface area contributed by atoms with Crippen LogP contribution in [0, 0.1) is 17.0 Å². The Labute approximate surface area is 184 Å². The molecule has 3 heterocycles. The molecule has 1 atom stereocenters. The number of aromatic nitrogens is 3. The van der Waals surface area contributed by atoms with E-state index in [4.69, 9.17) is 4.74 Å². The van der Waals surface area contributed by atoms with Gasteiger partial charge < -0.3 is 19.9 Å². The Bertz CT molecular complexity index is 1280. The van der Waals surface area contributed by atoms with Crippen molar-refractivity contribution in [3.8, 4) is 5.82 Å². The Hall–Kier alpha value is -3.82. The lowest BCUT2D eigenvalue weighted by atomic mass is 10.1. The number of hydrogen-bond donors (Lipinski definition) is 2.